The molecule has 4 nitrogen and oxygen atoms in total. The number of rotatable bonds is 5. The number of hydrogen-bond acceptors (Lipinski definition) is 4. The average molecular weight is 508 g/mol. The Morgan fingerprint density at radius 1 is 0.811 bits per heavy atom. The van der Waals surface area contributed by atoms with Crippen molar-refractivity contribution in [2.24, 2.45) is 0 Å². The Balaban J connectivity index is 1.29. The largest absolute Gasteiger partial charge is 0.336 e. The number of carbonyl (C=O) groups excluding carboxylic acids is 1. The molecular weight excluding hydrogens is 481 g/mol. The monoisotopic (exact) mass is 507 g/mol. The molecule has 0 aliphatic carbocycles. The Hall–Kier alpha value is -3.87. The van der Waals surface area contributed by atoms with E-state index in [2.05, 4.69) is 53.4 Å². The number of amides is 1. The van der Waals surface area contributed by atoms with Gasteiger partial charge in [-0.3, -0.25) is 9.69 Å². The maximum absolute atomic E-state index is 14.2. The lowest BCUT2D eigenvalue weighted by atomic mass is 9.96. The highest BCUT2D eigenvalue weighted by atomic mass is 32.1. The predicted molar refractivity (Wildman–Crippen MR) is 147 cm³/mol. The van der Waals surface area contributed by atoms with Crippen molar-refractivity contribution < 1.29 is 9.18 Å². The van der Waals surface area contributed by atoms with Crippen molar-refractivity contribution in [1.29, 1.82) is 0 Å². The van der Waals surface area contributed by atoms with Crippen molar-refractivity contribution in [1.82, 2.24) is 14.8 Å². The zero-order chi connectivity index (χ0) is 25.2. The number of hydrogen-bond donors (Lipinski definition) is 0. The summed E-state index contributed by atoms with van der Waals surface area (Å²) in [7, 11) is 0. The maximum atomic E-state index is 14.2. The van der Waals surface area contributed by atoms with Gasteiger partial charge in [-0.1, -0.05) is 66.7 Å². The van der Waals surface area contributed by atoms with Crippen LogP contribution >= 0.6 is 11.3 Å². The third kappa shape index (κ3) is 4.78. The summed E-state index contributed by atoms with van der Waals surface area (Å²) in [5.74, 6) is -0.447. The molecular formula is C31H26FN3OS. The van der Waals surface area contributed by atoms with E-state index in [4.69, 9.17) is 4.98 Å². The second-order valence-electron chi connectivity index (χ2n) is 9.25. The molecule has 3 heterocycles. The number of fused-ring (bicyclic) bond motifs is 1. The van der Waals surface area contributed by atoms with Gasteiger partial charge >= 0.3 is 0 Å². The van der Waals surface area contributed by atoms with Crippen LogP contribution in [0.4, 0.5) is 4.39 Å². The highest BCUT2D eigenvalue weighted by molar-refractivity contribution is 7.13. The lowest BCUT2D eigenvalue weighted by Crippen LogP contribution is -2.49. The quantitative estimate of drug-likeness (QED) is 0.267. The SMILES string of the molecule is O=C(c1cc(-c2cccs2)nc2ccc(F)cc12)N1CCN(C(c2ccccc2)c2ccccc2)CC1. The first-order valence-electron chi connectivity index (χ1n) is 12.4. The van der Waals surface area contributed by atoms with E-state index in [0.29, 0.717) is 29.6 Å². The molecule has 1 saturated heterocycles. The third-order valence-corrected chi connectivity index (χ3v) is 7.86. The number of halogens is 1. The summed E-state index contributed by atoms with van der Waals surface area (Å²) in [6.07, 6.45) is 0. The first-order valence-corrected chi connectivity index (χ1v) is 13.3. The Labute approximate surface area is 219 Å². The van der Waals surface area contributed by atoms with Crippen molar-refractivity contribution >= 4 is 28.1 Å². The third-order valence-electron chi connectivity index (χ3n) is 6.97. The van der Waals surface area contributed by atoms with Gasteiger partial charge in [-0.05, 0) is 46.8 Å². The van der Waals surface area contributed by atoms with E-state index < -0.39 is 0 Å². The molecule has 6 rings (SSSR count). The van der Waals surface area contributed by atoms with Gasteiger partial charge in [0.2, 0.25) is 0 Å². The van der Waals surface area contributed by atoms with Crippen LogP contribution in [0.1, 0.15) is 27.5 Å². The fourth-order valence-electron chi connectivity index (χ4n) is 5.16. The van der Waals surface area contributed by atoms with Crippen molar-refractivity contribution in [2.75, 3.05) is 26.2 Å². The van der Waals surface area contributed by atoms with Gasteiger partial charge < -0.3 is 4.90 Å². The molecule has 0 unspecified atom stereocenters. The molecule has 0 spiro atoms. The molecule has 1 fully saturated rings. The van der Waals surface area contributed by atoms with Crippen LogP contribution in [0, 0.1) is 5.82 Å². The summed E-state index contributed by atoms with van der Waals surface area (Å²) in [6, 6.07) is 31.4. The van der Waals surface area contributed by atoms with Gasteiger partial charge in [-0.15, -0.1) is 11.3 Å². The minimum absolute atomic E-state index is 0.0774. The first kappa shape index (κ1) is 23.5. The highest BCUT2D eigenvalue weighted by Gasteiger charge is 2.29. The van der Waals surface area contributed by atoms with Crippen molar-refractivity contribution in [3.05, 3.63) is 125 Å². The Kier molecular flexibility index (Phi) is 6.51. The van der Waals surface area contributed by atoms with Gasteiger partial charge in [-0.25, -0.2) is 9.37 Å². The number of nitrogens with zero attached hydrogens (tertiary/aromatic N) is 3. The van der Waals surface area contributed by atoms with Crippen LogP contribution in [-0.4, -0.2) is 46.9 Å². The van der Waals surface area contributed by atoms with Crippen molar-refractivity contribution in [3.8, 4) is 10.6 Å². The van der Waals surface area contributed by atoms with E-state index in [1.165, 1.54) is 23.3 Å². The van der Waals surface area contributed by atoms with Crippen LogP contribution < -0.4 is 0 Å². The van der Waals surface area contributed by atoms with E-state index in [1.54, 1.807) is 17.4 Å². The fourth-order valence-corrected chi connectivity index (χ4v) is 5.85. The molecule has 3 aromatic carbocycles. The van der Waals surface area contributed by atoms with Gasteiger partial charge in [0.1, 0.15) is 5.82 Å². The van der Waals surface area contributed by atoms with E-state index in [1.807, 2.05) is 40.6 Å². The summed E-state index contributed by atoms with van der Waals surface area (Å²) in [4.78, 5) is 23.9. The molecule has 2 aromatic heterocycles. The van der Waals surface area contributed by atoms with Gasteiger partial charge in [0.25, 0.3) is 5.91 Å². The lowest BCUT2D eigenvalue weighted by Gasteiger charge is -2.40. The van der Waals surface area contributed by atoms with Crippen LogP contribution in [-0.2, 0) is 0 Å². The van der Waals surface area contributed by atoms with Crippen LogP contribution in [0.15, 0.2) is 102 Å². The van der Waals surface area contributed by atoms with Crippen LogP contribution in [0.2, 0.25) is 0 Å². The standard InChI is InChI=1S/C31H26FN3OS/c32-24-13-14-27-25(20-24)26(21-28(33-27)29-12-7-19-37-29)31(36)35-17-15-34(16-18-35)30(22-8-3-1-4-9-22)23-10-5-2-6-11-23/h1-14,19-21,30H,15-18H2. The van der Waals surface area contributed by atoms with Crippen LogP contribution in [0.25, 0.3) is 21.5 Å². The number of aromatic nitrogens is 1. The molecule has 5 aromatic rings. The minimum atomic E-state index is -0.370. The Bertz CT molecular complexity index is 1480. The number of pyridine rings is 1. The van der Waals surface area contributed by atoms with Crippen molar-refractivity contribution in [3.63, 3.8) is 0 Å². The highest BCUT2D eigenvalue weighted by Crippen LogP contribution is 2.32. The molecule has 1 amide bonds. The topological polar surface area (TPSA) is 36.4 Å². The summed E-state index contributed by atoms with van der Waals surface area (Å²) in [6.45, 7) is 2.69. The maximum Gasteiger partial charge on any atom is 0.254 e. The summed E-state index contributed by atoms with van der Waals surface area (Å²) >= 11 is 1.57. The Morgan fingerprint density at radius 2 is 1.49 bits per heavy atom. The number of carbonyl (C=O) groups is 1. The number of thiophene rings is 1. The van der Waals surface area contributed by atoms with Gasteiger partial charge in [0, 0.05) is 31.6 Å². The van der Waals surface area contributed by atoms with E-state index in [0.717, 1.165) is 23.7 Å². The van der Waals surface area contributed by atoms with Crippen LogP contribution in [0.5, 0.6) is 0 Å². The molecule has 1 aliphatic heterocycles. The molecule has 0 radical (unpaired) electrons. The first-order chi connectivity index (χ1) is 18.2. The minimum Gasteiger partial charge on any atom is -0.336 e. The summed E-state index contributed by atoms with van der Waals surface area (Å²) < 4.78 is 14.2. The molecule has 184 valence electrons. The molecule has 0 saturated carbocycles. The second-order valence-corrected chi connectivity index (χ2v) is 10.2. The zero-order valence-electron chi connectivity index (χ0n) is 20.3. The molecule has 0 bridgehead atoms. The molecule has 37 heavy (non-hydrogen) atoms. The fraction of sp³-hybridized carbons (Fsp3) is 0.161. The normalized spacial score (nSPS) is 14.4. The molecule has 0 N–H and O–H groups in total. The number of piperazine rings is 1. The van der Waals surface area contributed by atoms with Gasteiger partial charge in [0.05, 0.1) is 27.7 Å². The van der Waals surface area contributed by atoms with Gasteiger partial charge in [0.15, 0.2) is 0 Å². The summed E-state index contributed by atoms with van der Waals surface area (Å²) in [5, 5.41) is 2.54. The predicted octanol–water partition coefficient (Wildman–Crippen LogP) is 6.65. The number of benzene rings is 3. The van der Waals surface area contributed by atoms with Crippen molar-refractivity contribution in [2.45, 2.75) is 6.04 Å². The van der Waals surface area contributed by atoms with Gasteiger partial charge in [-0.2, -0.15) is 0 Å². The summed E-state index contributed by atoms with van der Waals surface area (Å²) in [5.41, 5.74) is 4.35. The molecule has 6 heteroatoms. The smallest absolute Gasteiger partial charge is 0.254 e. The average Bonchev–Trinajstić information content (AvgIpc) is 3.49. The zero-order valence-corrected chi connectivity index (χ0v) is 21.1. The van der Waals surface area contributed by atoms with E-state index in [-0.39, 0.29) is 17.8 Å². The Morgan fingerprint density at radius 3 is 2.11 bits per heavy atom. The second kappa shape index (κ2) is 10.2. The van der Waals surface area contributed by atoms with E-state index in [9.17, 15) is 9.18 Å². The van der Waals surface area contributed by atoms with Crippen LogP contribution in [0.3, 0.4) is 0 Å². The molecule has 0 atom stereocenters. The lowest BCUT2D eigenvalue weighted by molar-refractivity contribution is 0.0599. The van der Waals surface area contributed by atoms with E-state index >= 15 is 0 Å². The molecule has 1 aliphatic rings.